The van der Waals surface area contributed by atoms with Crippen molar-refractivity contribution in [2.45, 2.75) is 44.8 Å². The lowest BCUT2D eigenvalue weighted by molar-refractivity contribution is -0.289. The van der Waals surface area contributed by atoms with Gasteiger partial charge in [0.1, 0.15) is 25.8 Å². The average molecular weight is 226 g/mol. The highest BCUT2D eigenvalue weighted by molar-refractivity contribution is 6.14. The van der Waals surface area contributed by atoms with Crippen LogP contribution in [0.15, 0.2) is 0 Å². The molecular weight excluding hydrogens is 207 g/mol. The van der Waals surface area contributed by atoms with E-state index in [0.717, 1.165) is 0 Å². The first-order chi connectivity index (χ1) is 7.18. The van der Waals surface area contributed by atoms with Gasteiger partial charge in [-0.15, -0.1) is 0 Å². The molecule has 0 aromatic rings. The van der Waals surface area contributed by atoms with Crippen molar-refractivity contribution in [2.24, 2.45) is 17.1 Å². The molecule has 2 fully saturated rings. The number of rotatable bonds is 0. The fourth-order valence-electron chi connectivity index (χ4n) is 2.33. The minimum absolute atomic E-state index is 0.0106. The predicted molar refractivity (Wildman–Crippen MR) is 59.1 cm³/mol. The molecule has 0 amide bonds. The van der Waals surface area contributed by atoms with Gasteiger partial charge in [-0.3, -0.25) is 4.84 Å². The maximum absolute atomic E-state index is 10.1. The Morgan fingerprint density at radius 3 is 2.50 bits per heavy atom. The number of nitrogens with zero attached hydrogens (tertiary/aromatic N) is 1. The molecule has 0 aliphatic carbocycles. The Hall–Kier alpha value is -0.135. The molecule has 2 aliphatic heterocycles. The van der Waals surface area contributed by atoms with Crippen LogP contribution < -0.4 is 5.73 Å². The van der Waals surface area contributed by atoms with Crippen LogP contribution in [0.1, 0.15) is 20.8 Å². The van der Waals surface area contributed by atoms with Gasteiger partial charge in [0.25, 0.3) is 0 Å². The van der Waals surface area contributed by atoms with Crippen molar-refractivity contribution < 1.29 is 14.7 Å². The number of hydroxylamine groups is 2. The normalized spacial score (nSPS) is 52.6. The molecule has 0 aromatic heterocycles. The topological polar surface area (TPSA) is 71.2 Å². The van der Waals surface area contributed by atoms with Gasteiger partial charge in [0.05, 0.1) is 6.10 Å². The van der Waals surface area contributed by atoms with E-state index < -0.39 is 11.9 Å². The zero-order chi connectivity index (χ0) is 12.3. The molecule has 5 unspecified atom stereocenters. The summed E-state index contributed by atoms with van der Waals surface area (Å²) in [4.78, 5) is 5.32. The summed E-state index contributed by atoms with van der Waals surface area (Å²) in [5.41, 5.74) is 4.25. The molecule has 3 N–H and O–H groups in total. The minimum Gasteiger partial charge on any atom is -0.376 e. The molecule has 2 saturated heterocycles. The second kappa shape index (κ2) is 3.43. The summed E-state index contributed by atoms with van der Waals surface area (Å²) in [5, 5.41) is 11.4. The molecular formula is C10H19BN2O3. The Morgan fingerprint density at radius 1 is 1.38 bits per heavy atom. The average Bonchev–Trinajstić information content (AvgIpc) is 2.93. The molecule has 5 nitrogen and oxygen atoms in total. The van der Waals surface area contributed by atoms with E-state index in [2.05, 4.69) is 0 Å². The highest BCUT2D eigenvalue weighted by Crippen LogP contribution is 2.49. The third-order valence-corrected chi connectivity index (χ3v) is 3.97. The Kier molecular flexibility index (Phi) is 2.64. The number of hydrogen-bond donors (Lipinski definition) is 2. The summed E-state index contributed by atoms with van der Waals surface area (Å²) >= 11 is 0. The minimum atomic E-state index is -1.38. The van der Waals surface area contributed by atoms with Crippen molar-refractivity contribution in [1.82, 2.24) is 5.06 Å². The van der Waals surface area contributed by atoms with Gasteiger partial charge in [-0.1, -0.05) is 20.8 Å². The van der Waals surface area contributed by atoms with Crippen LogP contribution in [0.3, 0.4) is 0 Å². The second-order valence-electron chi connectivity index (χ2n) is 5.49. The molecule has 2 rings (SSSR count). The summed E-state index contributed by atoms with van der Waals surface area (Å²) in [6, 6.07) is 0. The number of epoxide rings is 1. The van der Waals surface area contributed by atoms with Crippen molar-refractivity contribution in [1.29, 1.82) is 0 Å². The zero-order valence-corrected chi connectivity index (χ0v) is 10.2. The maximum atomic E-state index is 10.1. The van der Waals surface area contributed by atoms with Crippen molar-refractivity contribution in [2.75, 3.05) is 7.05 Å². The van der Waals surface area contributed by atoms with Gasteiger partial charge in [0, 0.05) is 18.4 Å². The molecule has 2 heterocycles. The van der Waals surface area contributed by atoms with E-state index in [4.69, 9.17) is 23.2 Å². The van der Waals surface area contributed by atoms with Gasteiger partial charge >= 0.3 is 0 Å². The summed E-state index contributed by atoms with van der Waals surface area (Å²) in [7, 11) is 7.45. The molecule has 0 aromatic carbocycles. The van der Waals surface area contributed by atoms with Gasteiger partial charge in [0.2, 0.25) is 0 Å². The van der Waals surface area contributed by atoms with Gasteiger partial charge < -0.3 is 15.6 Å². The molecule has 90 valence electrons. The molecule has 6 heteroatoms. The molecule has 0 saturated carbocycles. The number of hydrogen-bond acceptors (Lipinski definition) is 5. The van der Waals surface area contributed by atoms with Gasteiger partial charge in [-0.25, -0.2) is 0 Å². The quantitative estimate of drug-likeness (QED) is 0.426. The van der Waals surface area contributed by atoms with E-state index in [-0.39, 0.29) is 23.5 Å². The van der Waals surface area contributed by atoms with Crippen molar-refractivity contribution in [3.05, 3.63) is 0 Å². The van der Waals surface area contributed by atoms with Crippen LogP contribution in [0.2, 0.25) is 0 Å². The highest BCUT2D eigenvalue weighted by Gasteiger charge is 2.62. The van der Waals surface area contributed by atoms with Gasteiger partial charge in [-0.05, 0) is 0 Å². The molecule has 0 spiro atoms. The van der Waals surface area contributed by atoms with Crippen LogP contribution >= 0.6 is 0 Å². The molecule has 2 radical (unpaired) electrons. The Balaban J connectivity index is 2.29. The summed E-state index contributed by atoms with van der Waals surface area (Å²) in [6.07, 6.45) is -1.15. The lowest BCUT2D eigenvalue weighted by Gasteiger charge is -2.42. The van der Waals surface area contributed by atoms with E-state index in [0.29, 0.717) is 0 Å². The summed E-state index contributed by atoms with van der Waals surface area (Å²) < 4.78 is 5.52. The SMILES string of the molecule is [B]C1(N)ON(C)C(O)C(C)C(C)(C)C2OC21. The smallest absolute Gasteiger partial charge is 0.142 e. The monoisotopic (exact) mass is 226 g/mol. The second-order valence-corrected chi connectivity index (χ2v) is 5.49. The van der Waals surface area contributed by atoms with Crippen LogP contribution in [0.25, 0.3) is 0 Å². The first-order valence-electron chi connectivity index (χ1n) is 5.51. The molecule has 0 bridgehead atoms. The fraction of sp³-hybridized carbons (Fsp3) is 1.00. The van der Waals surface area contributed by atoms with Crippen LogP contribution in [-0.2, 0) is 9.57 Å². The van der Waals surface area contributed by atoms with Crippen LogP contribution in [0.5, 0.6) is 0 Å². The van der Waals surface area contributed by atoms with E-state index >= 15 is 0 Å². The van der Waals surface area contributed by atoms with Crippen molar-refractivity contribution in [3.63, 3.8) is 0 Å². The van der Waals surface area contributed by atoms with Crippen molar-refractivity contribution >= 4 is 7.85 Å². The van der Waals surface area contributed by atoms with E-state index in [1.807, 2.05) is 20.8 Å². The number of aliphatic hydroxyl groups is 1. The summed E-state index contributed by atoms with van der Waals surface area (Å²) in [5.74, 6) is -0.0106. The third-order valence-electron chi connectivity index (χ3n) is 3.97. The Bertz CT molecular complexity index is 298. The van der Waals surface area contributed by atoms with Gasteiger partial charge in [-0.2, -0.15) is 5.06 Å². The van der Waals surface area contributed by atoms with E-state index in [1.165, 1.54) is 5.06 Å². The standard InChI is InChI=1S/C10H19BN2O3/c1-5-8(14)13(4)16-10(11,12)7-6(15-7)9(5,2)3/h5-8,14H,12H2,1-4H3. The maximum Gasteiger partial charge on any atom is 0.142 e. The Labute approximate surface area is 97.2 Å². The van der Waals surface area contributed by atoms with Gasteiger partial charge in [0.15, 0.2) is 0 Å². The zero-order valence-electron chi connectivity index (χ0n) is 10.2. The lowest BCUT2D eigenvalue weighted by atomic mass is 9.71. The predicted octanol–water partition coefficient (Wildman–Crippen LogP) is -0.607. The Morgan fingerprint density at radius 2 is 1.94 bits per heavy atom. The number of ether oxygens (including phenoxy) is 1. The first-order valence-corrected chi connectivity index (χ1v) is 5.51. The van der Waals surface area contributed by atoms with Crippen LogP contribution in [-0.4, -0.2) is 49.1 Å². The largest absolute Gasteiger partial charge is 0.376 e. The van der Waals surface area contributed by atoms with Crippen LogP contribution in [0.4, 0.5) is 0 Å². The molecule has 16 heavy (non-hydrogen) atoms. The van der Waals surface area contributed by atoms with E-state index in [1.54, 1.807) is 7.05 Å². The van der Waals surface area contributed by atoms with E-state index in [9.17, 15) is 5.11 Å². The summed E-state index contributed by atoms with van der Waals surface area (Å²) in [6.45, 7) is 6.05. The fourth-order valence-corrected chi connectivity index (χ4v) is 2.33. The van der Waals surface area contributed by atoms with Crippen LogP contribution in [0, 0.1) is 11.3 Å². The van der Waals surface area contributed by atoms with Crippen molar-refractivity contribution in [3.8, 4) is 0 Å². The first kappa shape index (κ1) is 12.3. The third kappa shape index (κ3) is 1.69. The number of fused-ring (bicyclic) bond motifs is 1. The highest BCUT2D eigenvalue weighted by atomic mass is 16.7. The molecule has 2 aliphatic rings. The lowest BCUT2D eigenvalue weighted by Crippen LogP contribution is -2.59. The number of aliphatic hydroxyl groups excluding tert-OH is 1. The number of nitrogens with two attached hydrogens (primary N) is 1. The molecule has 5 atom stereocenters.